The Morgan fingerprint density at radius 1 is 0.631 bits per heavy atom. The lowest BCUT2D eigenvalue weighted by atomic mass is 10.1. The average Bonchev–Trinajstić information content (AvgIpc) is 3.98. The second kappa shape index (κ2) is 25.6. The number of hydrogen-bond donors (Lipinski definition) is 4. The molecule has 65 heavy (non-hydrogen) atoms. The molecule has 4 heterocycles. The molecule has 354 valence electrons. The van der Waals surface area contributed by atoms with Gasteiger partial charge in [-0.1, -0.05) is 25.0 Å². The monoisotopic (exact) mass is 909 g/mol. The van der Waals surface area contributed by atoms with Crippen molar-refractivity contribution in [3.8, 4) is 11.5 Å². The number of benzene rings is 2. The third kappa shape index (κ3) is 15.4. The van der Waals surface area contributed by atoms with Gasteiger partial charge in [0.15, 0.2) is 0 Å². The van der Waals surface area contributed by atoms with Gasteiger partial charge in [0, 0.05) is 113 Å². The van der Waals surface area contributed by atoms with E-state index in [1.165, 1.54) is 13.8 Å². The Morgan fingerprint density at radius 2 is 1.02 bits per heavy atom. The van der Waals surface area contributed by atoms with Gasteiger partial charge in [0.05, 0.1) is 20.6 Å². The maximum absolute atomic E-state index is 11.5. The summed E-state index contributed by atoms with van der Waals surface area (Å²) >= 11 is 0. The minimum Gasteiger partial charge on any atom is -0.497 e. The van der Waals surface area contributed by atoms with Crippen LogP contribution >= 0.6 is 0 Å². The topological polar surface area (TPSA) is 263 Å². The van der Waals surface area contributed by atoms with Crippen molar-refractivity contribution in [2.24, 2.45) is 0 Å². The highest BCUT2D eigenvalue weighted by atomic mass is 16.9. The normalized spacial score (nSPS) is 12.8. The summed E-state index contributed by atoms with van der Waals surface area (Å²) in [6, 6.07) is 11.6. The minimum absolute atomic E-state index is 0. The first-order valence-electron chi connectivity index (χ1n) is 19.9. The number of carboxylic acids is 1. The Hall–Kier alpha value is -7.45. The maximum Gasteiger partial charge on any atom is 0.560 e. The number of hydroxylamine groups is 4. The van der Waals surface area contributed by atoms with Crippen LogP contribution < -0.4 is 25.4 Å². The van der Waals surface area contributed by atoms with Crippen LogP contribution in [0, 0.1) is 0 Å². The molecule has 0 bridgehead atoms. The van der Waals surface area contributed by atoms with Crippen molar-refractivity contribution < 1.29 is 67.4 Å². The van der Waals surface area contributed by atoms with Crippen molar-refractivity contribution >= 4 is 75.3 Å². The van der Waals surface area contributed by atoms with E-state index in [0.717, 1.165) is 50.9 Å². The summed E-state index contributed by atoms with van der Waals surface area (Å²) in [6.45, 7) is 5.15. The summed E-state index contributed by atoms with van der Waals surface area (Å²) in [4.78, 5) is 109. The minimum atomic E-state index is -1.48. The van der Waals surface area contributed by atoms with Crippen molar-refractivity contribution in [2.45, 2.75) is 93.2 Å². The third-order valence-electron chi connectivity index (χ3n) is 9.65. The molecular weight excluding hydrogens is 851 g/mol. The molecule has 0 aliphatic carbocycles. The molecule has 21 heteroatoms. The van der Waals surface area contributed by atoms with Crippen molar-refractivity contribution in [1.82, 2.24) is 35.2 Å². The fraction of sp³-hybridized carbons (Fsp3) is 0.432. The summed E-state index contributed by atoms with van der Waals surface area (Å²) in [5.41, 5.74) is 4.23. The highest BCUT2D eigenvalue weighted by Crippen LogP contribution is 2.28. The average molecular weight is 910 g/mol. The van der Waals surface area contributed by atoms with Crippen LogP contribution in [0.1, 0.15) is 78.4 Å². The van der Waals surface area contributed by atoms with E-state index < -0.39 is 35.8 Å². The molecule has 2 aromatic carbocycles. The number of aromatic nitrogens is 2. The first kappa shape index (κ1) is 53.7. The van der Waals surface area contributed by atoms with Crippen LogP contribution in [0.2, 0.25) is 0 Å². The van der Waals surface area contributed by atoms with E-state index in [-0.39, 0.29) is 74.8 Å². The quantitative estimate of drug-likeness (QED) is 0.117. The highest BCUT2D eigenvalue weighted by molar-refractivity contribution is 6.02. The fourth-order valence-electron chi connectivity index (χ4n) is 6.51. The molecule has 0 radical (unpaired) electrons. The fourth-order valence-corrected chi connectivity index (χ4v) is 6.51. The smallest absolute Gasteiger partial charge is 0.497 e. The van der Waals surface area contributed by atoms with E-state index >= 15 is 0 Å². The van der Waals surface area contributed by atoms with E-state index in [1.54, 1.807) is 21.3 Å². The number of nitrogens with zero attached hydrogens (tertiary/aromatic N) is 4. The van der Waals surface area contributed by atoms with Gasteiger partial charge >= 0.3 is 12.1 Å². The molecule has 2 fully saturated rings. The number of amides is 7. The second-order valence-electron chi connectivity index (χ2n) is 14.1. The van der Waals surface area contributed by atoms with Gasteiger partial charge in [-0.3, -0.25) is 48.0 Å². The number of methoxy groups -OCH3 is 2. The standard InChI is InChI=1S/C17H23N3O3.C16H20N2O4.C9H8N2O7.2CH4/c1-12(21)19-8-6-13-11-20(9-7-17(22)18-2)16-5-4-14(23-3)10-15(13)16;1-11(19)17-7-5-12-10-18(8-6-16(20)21)15-4-3-13(22-2)9-14(12)15;12-5-1-2-6(13)10(5)17-9(16)18-11-7(14)3-4-8(11)15;;/h4-5,10-11H,6-9H2,1-3H3,(H,18,22)(H,19,21);3-4,9-10H,5-8H2,1-2H3,(H,17,19)(H,20,21);1-4H2;2*1H4. The van der Waals surface area contributed by atoms with Gasteiger partial charge in [-0.2, -0.15) is 4.79 Å². The van der Waals surface area contributed by atoms with Gasteiger partial charge in [-0.05, 0) is 60.4 Å². The molecule has 2 aromatic heterocycles. The molecule has 0 unspecified atom stereocenters. The van der Waals surface area contributed by atoms with Crippen LogP contribution in [0.3, 0.4) is 0 Å². The first-order chi connectivity index (χ1) is 30.0. The third-order valence-corrected chi connectivity index (χ3v) is 9.65. The van der Waals surface area contributed by atoms with Crippen LogP contribution in [0.25, 0.3) is 21.8 Å². The first-order valence-corrected chi connectivity index (χ1v) is 19.9. The van der Waals surface area contributed by atoms with E-state index in [0.29, 0.717) is 39.0 Å². The van der Waals surface area contributed by atoms with Crippen LogP contribution in [0.5, 0.6) is 11.5 Å². The SMILES string of the molecule is C.C.CNC(=O)CCn1cc(CCNC(C)=O)c2cc(OC)ccc21.COc1ccc2c(c1)c(CCNC(C)=O)cn2CCC(=O)O.O=C(ON1C(=O)CCC1=O)ON1C(=O)CCC1=O. The van der Waals surface area contributed by atoms with E-state index in [9.17, 15) is 43.2 Å². The van der Waals surface area contributed by atoms with Gasteiger partial charge in [-0.25, -0.2) is 0 Å². The summed E-state index contributed by atoms with van der Waals surface area (Å²) in [5.74, 6) is -2.10. The molecule has 4 aromatic rings. The van der Waals surface area contributed by atoms with Crippen molar-refractivity contribution in [3.05, 3.63) is 59.9 Å². The summed E-state index contributed by atoms with van der Waals surface area (Å²) in [7, 11) is 4.89. The van der Waals surface area contributed by atoms with Crippen molar-refractivity contribution in [2.75, 3.05) is 34.4 Å². The Bertz CT molecular complexity index is 2300. The molecule has 7 amide bonds. The molecule has 21 nitrogen and oxygen atoms in total. The number of rotatable bonds is 16. The van der Waals surface area contributed by atoms with Gasteiger partial charge < -0.3 is 39.7 Å². The molecule has 2 aliphatic heterocycles. The van der Waals surface area contributed by atoms with E-state index in [4.69, 9.17) is 14.6 Å². The molecule has 4 N–H and O–H groups in total. The zero-order valence-corrected chi connectivity index (χ0v) is 35.6. The number of nitrogens with one attached hydrogen (secondary N) is 3. The van der Waals surface area contributed by atoms with Crippen LogP contribution in [0.4, 0.5) is 4.79 Å². The number of imide groups is 2. The highest BCUT2D eigenvalue weighted by Gasteiger charge is 2.37. The number of ether oxygens (including phenoxy) is 2. The van der Waals surface area contributed by atoms with E-state index in [1.807, 2.05) is 47.2 Å². The number of hydrogen-bond acceptors (Lipinski definition) is 13. The Balaban J connectivity index is 0.000000332. The van der Waals surface area contributed by atoms with Crippen molar-refractivity contribution in [1.29, 1.82) is 0 Å². The lowest BCUT2D eigenvalue weighted by molar-refractivity contribution is -0.198. The van der Waals surface area contributed by atoms with Gasteiger partial charge in [0.2, 0.25) is 17.7 Å². The Labute approximate surface area is 376 Å². The van der Waals surface area contributed by atoms with Gasteiger partial charge in [0.25, 0.3) is 23.6 Å². The Kier molecular flexibility index (Phi) is 21.1. The van der Waals surface area contributed by atoms with Crippen LogP contribution in [0.15, 0.2) is 48.8 Å². The molecule has 6 rings (SSSR count). The van der Waals surface area contributed by atoms with Gasteiger partial charge in [0.1, 0.15) is 11.5 Å². The summed E-state index contributed by atoms with van der Waals surface area (Å²) in [6.07, 6.45) is 4.19. The summed E-state index contributed by atoms with van der Waals surface area (Å²) < 4.78 is 14.6. The molecule has 0 spiro atoms. The number of fused-ring (bicyclic) bond motifs is 2. The molecular formula is C44H59N7O14. The lowest BCUT2D eigenvalue weighted by Gasteiger charge is -2.15. The largest absolute Gasteiger partial charge is 0.560 e. The number of carbonyl (C=O) groups excluding carboxylic acids is 8. The number of carbonyl (C=O) groups is 9. The second-order valence-corrected chi connectivity index (χ2v) is 14.1. The van der Waals surface area contributed by atoms with E-state index in [2.05, 4.69) is 36.4 Å². The number of aryl methyl sites for hydroxylation is 2. The molecule has 2 aliphatic rings. The molecule has 0 saturated carbocycles. The molecule has 0 atom stereocenters. The predicted molar refractivity (Wildman–Crippen MR) is 236 cm³/mol. The summed E-state index contributed by atoms with van der Waals surface area (Å²) in [5, 5.41) is 19.7. The Morgan fingerprint density at radius 3 is 1.35 bits per heavy atom. The number of carboxylic acid groups (broad SMARTS) is 1. The molecule has 2 saturated heterocycles. The number of aliphatic carboxylic acids is 1. The van der Waals surface area contributed by atoms with Crippen LogP contribution in [-0.2, 0) is 74.0 Å². The zero-order valence-electron chi connectivity index (χ0n) is 35.6. The van der Waals surface area contributed by atoms with Gasteiger partial charge in [-0.15, -0.1) is 0 Å². The van der Waals surface area contributed by atoms with Crippen LogP contribution in [-0.4, -0.2) is 112 Å². The maximum atomic E-state index is 11.5. The lowest BCUT2D eigenvalue weighted by Crippen LogP contribution is -2.37. The predicted octanol–water partition coefficient (Wildman–Crippen LogP) is 3.81. The van der Waals surface area contributed by atoms with Crippen molar-refractivity contribution in [3.63, 3.8) is 0 Å². The zero-order chi connectivity index (χ0) is 46.2.